The summed E-state index contributed by atoms with van der Waals surface area (Å²) < 4.78 is 82.4. The zero-order valence-electron chi connectivity index (χ0n) is 39.0. The second kappa shape index (κ2) is 15.8. The first kappa shape index (κ1) is 47.8. The molecule has 2 aromatic carbocycles. The number of hydrogen-bond acceptors (Lipinski definition) is 21. The lowest BCUT2D eigenvalue weighted by atomic mass is 9.77. The summed E-state index contributed by atoms with van der Waals surface area (Å²) >= 11 is 0. The summed E-state index contributed by atoms with van der Waals surface area (Å²) in [4.78, 5) is 14.0. The minimum atomic E-state index is -1.87. The van der Waals surface area contributed by atoms with E-state index in [1.54, 1.807) is 40.7 Å². The number of benzene rings is 2. The maximum absolute atomic E-state index is 14.0. The van der Waals surface area contributed by atoms with Gasteiger partial charge in [0.2, 0.25) is 11.9 Å². The summed E-state index contributed by atoms with van der Waals surface area (Å²) in [6.45, 7) is 11.2. The third kappa shape index (κ3) is 6.73. The van der Waals surface area contributed by atoms with Gasteiger partial charge in [0, 0.05) is 56.4 Å². The van der Waals surface area contributed by atoms with Crippen LogP contribution in [0.5, 0.6) is 17.2 Å². The molecular formula is C46H62O21. The Labute approximate surface area is 385 Å². The maximum Gasteiger partial charge on any atom is 0.277 e. The molecule has 6 saturated heterocycles. The minimum Gasteiger partial charge on any atom is -0.506 e. The van der Waals surface area contributed by atoms with Gasteiger partial charge in [-0.1, -0.05) is 0 Å². The molecule has 0 amide bonds. The van der Waals surface area contributed by atoms with Gasteiger partial charge < -0.3 is 97.3 Å². The van der Waals surface area contributed by atoms with Crippen LogP contribution in [-0.4, -0.2) is 177 Å². The summed E-state index contributed by atoms with van der Waals surface area (Å²) in [7, 11) is 4.20. The number of hydrogen-bond donors (Lipinski definition) is 7. The van der Waals surface area contributed by atoms with E-state index in [1.165, 1.54) is 35.2 Å². The van der Waals surface area contributed by atoms with E-state index in [0.29, 0.717) is 16.5 Å². The highest BCUT2D eigenvalue weighted by Crippen LogP contribution is 2.72. The standard InChI is InChI=1S/C46H62O21/c1-17-11-21-28(32(49)30-29(33(21)55-8)23(12-22(47)31(30)48)62-24-13-41(5,52)36(50)18(2)59-24)34-27(17)35-39-45(57-10,65-34)44(16-58-44)46(66-35,67-39)40(56-9)64-26-15-43(7,54)38(20(4)61-26)63-25-14-42(6,53)37(51)19(3)60-25/h11,18-20,22-26,35-40,47,49-54H,12-16H2,1-10H3. The van der Waals surface area contributed by atoms with Crippen molar-refractivity contribution >= 4 is 16.6 Å². The van der Waals surface area contributed by atoms with Gasteiger partial charge >= 0.3 is 0 Å². The van der Waals surface area contributed by atoms with Crippen molar-refractivity contribution < 1.29 is 102 Å². The van der Waals surface area contributed by atoms with Crippen LogP contribution < -0.4 is 9.47 Å². The molecule has 67 heavy (non-hydrogen) atoms. The molecule has 372 valence electrons. The molecule has 0 radical (unpaired) electrons. The Morgan fingerprint density at radius 1 is 0.806 bits per heavy atom. The van der Waals surface area contributed by atoms with E-state index < -0.39 is 132 Å². The number of phenolic OH excluding ortho intramolecular Hbond substituents is 1. The van der Waals surface area contributed by atoms with Crippen molar-refractivity contribution in [1.29, 1.82) is 0 Å². The highest BCUT2D eigenvalue weighted by molar-refractivity contribution is 6.13. The Balaban J connectivity index is 0.981. The first-order valence-corrected chi connectivity index (χ1v) is 22.8. The van der Waals surface area contributed by atoms with Crippen molar-refractivity contribution in [3.05, 3.63) is 28.3 Å². The normalized spacial score (nSPS) is 48.0. The predicted octanol–water partition coefficient (Wildman–Crippen LogP) is 1.29. The van der Waals surface area contributed by atoms with Crippen LogP contribution in [0, 0.1) is 6.92 Å². The van der Waals surface area contributed by atoms with Crippen LogP contribution in [0.25, 0.3) is 10.8 Å². The molecule has 21 heteroatoms. The number of rotatable bonds is 10. The molecule has 2 aromatic rings. The lowest BCUT2D eigenvalue weighted by Gasteiger charge is -2.50. The third-order valence-corrected chi connectivity index (χ3v) is 15.4. The van der Waals surface area contributed by atoms with E-state index in [1.807, 2.05) is 0 Å². The molecule has 0 aromatic heterocycles. The van der Waals surface area contributed by atoms with Crippen LogP contribution in [0.15, 0.2) is 6.07 Å². The molecule has 0 saturated carbocycles. The lowest BCUT2D eigenvalue weighted by molar-refractivity contribution is -0.396. The Morgan fingerprint density at radius 2 is 1.40 bits per heavy atom. The van der Waals surface area contributed by atoms with Gasteiger partial charge in [-0.3, -0.25) is 4.79 Å². The van der Waals surface area contributed by atoms with Crippen molar-refractivity contribution in [1.82, 2.24) is 0 Å². The molecule has 8 aliphatic rings. The first-order valence-electron chi connectivity index (χ1n) is 22.8. The van der Waals surface area contributed by atoms with Crippen molar-refractivity contribution in [2.45, 2.75) is 194 Å². The van der Waals surface area contributed by atoms with Crippen LogP contribution >= 0.6 is 0 Å². The van der Waals surface area contributed by atoms with Gasteiger partial charge in [0.25, 0.3) is 11.6 Å². The molecule has 21 nitrogen and oxygen atoms in total. The summed E-state index contributed by atoms with van der Waals surface area (Å²) in [5.74, 6) is -4.72. The fraction of sp³-hybridized carbons (Fsp3) is 0.761. The number of aliphatic hydroxyl groups excluding tert-OH is 3. The molecule has 20 atom stereocenters. The number of carbonyl (C=O) groups excluding carboxylic acids is 1. The first-order chi connectivity index (χ1) is 31.4. The van der Waals surface area contributed by atoms with Gasteiger partial charge in [-0.15, -0.1) is 0 Å². The number of ketones is 1. The fourth-order valence-electron chi connectivity index (χ4n) is 12.0. The molecule has 10 rings (SSSR count). The Kier molecular flexibility index (Phi) is 11.3. The maximum atomic E-state index is 14.0. The van der Waals surface area contributed by atoms with Gasteiger partial charge in [0.05, 0.1) is 65.9 Å². The van der Waals surface area contributed by atoms with Gasteiger partial charge in [-0.05, 0) is 60.1 Å². The number of methoxy groups -OCH3 is 3. The number of fused-ring (bicyclic) bond motifs is 8. The minimum absolute atomic E-state index is 0.0274. The Morgan fingerprint density at radius 3 is 1.96 bits per heavy atom. The summed E-state index contributed by atoms with van der Waals surface area (Å²) in [6, 6.07) is 1.75. The van der Waals surface area contributed by atoms with E-state index >= 15 is 0 Å². The Bertz CT molecular complexity index is 2310. The van der Waals surface area contributed by atoms with E-state index in [4.69, 9.17) is 61.6 Å². The molecule has 7 heterocycles. The van der Waals surface area contributed by atoms with Crippen LogP contribution in [0.4, 0.5) is 0 Å². The predicted molar refractivity (Wildman–Crippen MR) is 224 cm³/mol. The molecule has 2 bridgehead atoms. The third-order valence-electron chi connectivity index (χ3n) is 15.4. The fourth-order valence-corrected chi connectivity index (χ4v) is 12.0. The van der Waals surface area contributed by atoms with Gasteiger partial charge in [-0.25, -0.2) is 0 Å². The number of carbonyl (C=O) groups is 1. The number of aromatic hydroxyl groups is 1. The molecule has 20 unspecified atom stereocenters. The number of aryl methyl sites for hydroxylation is 1. The van der Waals surface area contributed by atoms with E-state index in [9.17, 15) is 40.5 Å². The highest BCUT2D eigenvalue weighted by Gasteiger charge is 2.93. The van der Waals surface area contributed by atoms with E-state index in [0.717, 1.165) is 0 Å². The second-order valence-corrected chi connectivity index (χ2v) is 20.2. The van der Waals surface area contributed by atoms with Crippen LogP contribution in [0.3, 0.4) is 0 Å². The van der Waals surface area contributed by atoms with Crippen molar-refractivity contribution in [2.75, 3.05) is 27.9 Å². The summed E-state index contributed by atoms with van der Waals surface area (Å²) in [5.41, 5.74) is -5.25. The summed E-state index contributed by atoms with van der Waals surface area (Å²) in [6.07, 6.45) is -15.3. The van der Waals surface area contributed by atoms with Gasteiger partial charge in [0.15, 0.2) is 30.8 Å². The zero-order chi connectivity index (χ0) is 48.3. The number of aliphatic hydroxyl groups is 6. The SMILES string of the molecule is COc1c2c(c(O)c3c4c(c(C)cc13)C1OC3(C(OC)OC5CC(C)(O)C(OC6CC(C)(O)C(O)C(C)O6)C(C)O5)OC1C(OC)(O4)C31CO1)C(=O)C(O)CC2OC1CC(C)(O)C(O)C(C)O1. The van der Waals surface area contributed by atoms with Crippen molar-refractivity contribution in [3.8, 4) is 17.2 Å². The smallest absolute Gasteiger partial charge is 0.277 e. The lowest BCUT2D eigenvalue weighted by Crippen LogP contribution is -2.70. The van der Waals surface area contributed by atoms with Gasteiger partial charge in [-0.2, -0.15) is 0 Å². The highest BCUT2D eigenvalue weighted by atomic mass is 16.9. The number of epoxide rings is 1. The topological polar surface area (TPSA) is 282 Å². The quantitative estimate of drug-likeness (QED) is 0.131. The number of phenols is 1. The van der Waals surface area contributed by atoms with Crippen molar-refractivity contribution in [2.24, 2.45) is 0 Å². The largest absolute Gasteiger partial charge is 0.506 e. The molecule has 7 aliphatic heterocycles. The van der Waals surface area contributed by atoms with Crippen LogP contribution in [0.1, 0.15) is 106 Å². The second-order valence-electron chi connectivity index (χ2n) is 20.2. The average molecular weight is 951 g/mol. The molecule has 1 spiro atoms. The molecule has 6 fully saturated rings. The molecule has 7 N–H and O–H groups in total. The monoisotopic (exact) mass is 950 g/mol. The van der Waals surface area contributed by atoms with E-state index in [2.05, 4.69) is 0 Å². The summed E-state index contributed by atoms with van der Waals surface area (Å²) in [5, 5.41) is 78.5. The Hall–Kier alpha value is -2.91. The molecule has 1 aliphatic carbocycles. The van der Waals surface area contributed by atoms with Crippen LogP contribution in [-0.2, 0) is 52.1 Å². The number of ether oxygens (including phenoxy) is 13. The average Bonchev–Trinajstić information content (AvgIpc) is 3.91. The van der Waals surface area contributed by atoms with Crippen molar-refractivity contribution in [3.63, 3.8) is 0 Å². The molecular weight excluding hydrogens is 888 g/mol. The van der Waals surface area contributed by atoms with E-state index in [-0.39, 0.29) is 60.3 Å². The van der Waals surface area contributed by atoms with Crippen LogP contribution in [0.2, 0.25) is 0 Å². The zero-order valence-corrected chi connectivity index (χ0v) is 39.0. The number of Topliss-reactive ketones (excluding diaryl/α,β-unsaturated/α-hetero) is 1. The van der Waals surface area contributed by atoms with Gasteiger partial charge in [0.1, 0.15) is 47.8 Å².